The normalized spacial score (nSPS) is 10.8. The number of hydrogen-bond acceptors (Lipinski definition) is 4. The Morgan fingerprint density at radius 2 is 2.24 bits per heavy atom. The van der Waals surface area contributed by atoms with Gasteiger partial charge in [-0.05, 0) is 25.1 Å². The third-order valence-corrected chi connectivity index (χ3v) is 3.26. The lowest BCUT2D eigenvalue weighted by Gasteiger charge is -2.07. The molecule has 0 fully saturated rings. The summed E-state index contributed by atoms with van der Waals surface area (Å²) >= 11 is 0. The number of nitrogens with one attached hydrogen (secondary N) is 2. The van der Waals surface area contributed by atoms with Crippen LogP contribution in [0.1, 0.15) is 21.6 Å². The minimum absolute atomic E-state index is 0.168. The molecule has 21 heavy (non-hydrogen) atoms. The van der Waals surface area contributed by atoms with Gasteiger partial charge >= 0.3 is 0 Å². The smallest absolute Gasteiger partial charge is 0.276 e. The summed E-state index contributed by atoms with van der Waals surface area (Å²) < 4.78 is 0. The van der Waals surface area contributed by atoms with Gasteiger partial charge in [-0.3, -0.25) is 14.9 Å². The lowest BCUT2D eigenvalue weighted by atomic mass is 10.1. The van der Waals surface area contributed by atoms with Crippen LogP contribution in [0.15, 0.2) is 36.7 Å². The van der Waals surface area contributed by atoms with E-state index in [9.17, 15) is 9.90 Å². The monoisotopic (exact) mass is 282 g/mol. The largest absolute Gasteiger partial charge is 0.392 e. The predicted molar refractivity (Wildman–Crippen MR) is 78.9 cm³/mol. The lowest BCUT2D eigenvalue weighted by molar-refractivity contribution is 0.102. The predicted octanol–water partition coefficient (Wildman–Crippen LogP) is 2.01. The summed E-state index contributed by atoms with van der Waals surface area (Å²) in [6.07, 6.45) is 3.07. The zero-order valence-corrected chi connectivity index (χ0v) is 11.4. The van der Waals surface area contributed by atoms with Crippen molar-refractivity contribution in [3.8, 4) is 0 Å². The fraction of sp³-hybridized carbons (Fsp3) is 0.133. The highest BCUT2D eigenvalue weighted by Crippen LogP contribution is 2.20. The van der Waals surface area contributed by atoms with Gasteiger partial charge in [-0.2, -0.15) is 5.10 Å². The minimum Gasteiger partial charge on any atom is -0.392 e. The van der Waals surface area contributed by atoms with Crippen molar-refractivity contribution in [3.05, 3.63) is 53.5 Å². The van der Waals surface area contributed by atoms with Gasteiger partial charge in [-0.25, -0.2) is 0 Å². The van der Waals surface area contributed by atoms with Gasteiger partial charge in [0, 0.05) is 17.1 Å². The fourth-order valence-electron chi connectivity index (χ4n) is 2.16. The highest BCUT2D eigenvalue weighted by atomic mass is 16.3. The number of carbonyl (C=O) groups excluding carboxylic acids is 1. The van der Waals surface area contributed by atoms with Gasteiger partial charge in [0.15, 0.2) is 5.69 Å². The number of anilines is 1. The Labute approximate surface area is 120 Å². The maximum atomic E-state index is 12.4. The second kappa shape index (κ2) is 5.34. The van der Waals surface area contributed by atoms with E-state index in [1.54, 1.807) is 12.3 Å². The van der Waals surface area contributed by atoms with Crippen LogP contribution in [-0.4, -0.2) is 26.2 Å². The van der Waals surface area contributed by atoms with Crippen LogP contribution in [0, 0.1) is 6.92 Å². The summed E-state index contributed by atoms with van der Waals surface area (Å²) in [5.74, 6) is -0.338. The maximum Gasteiger partial charge on any atom is 0.276 e. The standard InChI is InChI=1S/C15H14N4O2/c1-9-2-3-12-11(6-9)14(19-18-12)15(21)17-13-7-16-5-4-10(13)8-20/h2-7,20H,8H2,1H3,(H,17,21)(H,18,19). The molecule has 6 nitrogen and oxygen atoms in total. The summed E-state index contributed by atoms with van der Waals surface area (Å²) in [6.45, 7) is 1.79. The topological polar surface area (TPSA) is 90.9 Å². The summed E-state index contributed by atoms with van der Waals surface area (Å²) in [7, 11) is 0. The van der Waals surface area contributed by atoms with E-state index >= 15 is 0 Å². The number of aliphatic hydroxyl groups excluding tert-OH is 1. The Hall–Kier alpha value is -2.73. The molecule has 106 valence electrons. The molecule has 0 spiro atoms. The number of aromatic nitrogens is 3. The summed E-state index contributed by atoms with van der Waals surface area (Å²) in [5, 5.41) is 19.7. The van der Waals surface area contributed by atoms with Crippen molar-refractivity contribution in [3.63, 3.8) is 0 Å². The molecule has 0 aliphatic carbocycles. The first kappa shape index (κ1) is 13.3. The van der Waals surface area contributed by atoms with Crippen molar-refractivity contribution in [1.29, 1.82) is 0 Å². The number of nitrogens with zero attached hydrogens (tertiary/aromatic N) is 2. The average molecular weight is 282 g/mol. The number of fused-ring (bicyclic) bond motifs is 1. The van der Waals surface area contributed by atoms with Gasteiger partial charge in [0.1, 0.15) is 0 Å². The van der Waals surface area contributed by atoms with Crippen LogP contribution in [0.25, 0.3) is 10.9 Å². The van der Waals surface area contributed by atoms with Crippen LogP contribution in [0.5, 0.6) is 0 Å². The second-order valence-electron chi connectivity index (χ2n) is 4.77. The third kappa shape index (κ3) is 2.48. The van der Waals surface area contributed by atoms with Crippen molar-refractivity contribution >= 4 is 22.5 Å². The molecule has 0 unspecified atom stereocenters. The maximum absolute atomic E-state index is 12.4. The molecule has 0 bridgehead atoms. The molecular formula is C15H14N4O2. The molecule has 3 rings (SSSR count). The van der Waals surface area contributed by atoms with Crippen molar-refractivity contribution in [2.75, 3.05) is 5.32 Å². The van der Waals surface area contributed by atoms with Gasteiger partial charge in [0.05, 0.1) is 24.0 Å². The van der Waals surface area contributed by atoms with E-state index in [4.69, 9.17) is 0 Å². The van der Waals surface area contributed by atoms with Gasteiger partial charge < -0.3 is 10.4 Å². The molecule has 2 aromatic heterocycles. The van der Waals surface area contributed by atoms with Gasteiger partial charge in [0.25, 0.3) is 5.91 Å². The Bertz CT molecular complexity index is 810. The SMILES string of the molecule is Cc1ccc2[nH]nc(C(=O)Nc3cnccc3CO)c2c1. The molecule has 2 heterocycles. The highest BCUT2D eigenvalue weighted by molar-refractivity contribution is 6.11. The van der Waals surface area contributed by atoms with Crippen LogP contribution >= 0.6 is 0 Å². The number of H-pyrrole nitrogens is 1. The Balaban J connectivity index is 1.96. The number of amides is 1. The van der Waals surface area contributed by atoms with E-state index in [0.717, 1.165) is 16.5 Å². The third-order valence-electron chi connectivity index (χ3n) is 3.26. The number of rotatable bonds is 3. The van der Waals surface area contributed by atoms with Crippen molar-refractivity contribution in [1.82, 2.24) is 15.2 Å². The first-order valence-electron chi connectivity index (χ1n) is 6.49. The average Bonchev–Trinajstić information content (AvgIpc) is 2.90. The molecule has 0 atom stereocenters. The first-order chi connectivity index (χ1) is 10.2. The van der Waals surface area contributed by atoms with E-state index in [1.807, 2.05) is 25.1 Å². The van der Waals surface area contributed by atoms with Gasteiger partial charge in [-0.1, -0.05) is 11.6 Å². The second-order valence-corrected chi connectivity index (χ2v) is 4.77. The minimum atomic E-state index is -0.338. The molecule has 3 N–H and O–H groups in total. The van der Waals surface area contributed by atoms with Crippen LogP contribution in [0.2, 0.25) is 0 Å². The number of carbonyl (C=O) groups is 1. The molecule has 1 aromatic carbocycles. The fourth-order valence-corrected chi connectivity index (χ4v) is 2.16. The number of benzene rings is 1. The summed E-state index contributed by atoms with van der Waals surface area (Å²) in [6, 6.07) is 7.40. The summed E-state index contributed by atoms with van der Waals surface area (Å²) in [4.78, 5) is 16.3. The van der Waals surface area contributed by atoms with Crippen LogP contribution in [0.4, 0.5) is 5.69 Å². The molecule has 0 saturated heterocycles. The van der Waals surface area contributed by atoms with Crippen LogP contribution < -0.4 is 5.32 Å². The Kier molecular flexibility index (Phi) is 3.37. The van der Waals surface area contributed by atoms with Crippen LogP contribution in [-0.2, 0) is 6.61 Å². The number of aryl methyl sites for hydroxylation is 1. The summed E-state index contributed by atoms with van der Waals surface area (Å²) in [5.41, 5.74) is 3.26. The van der Waals surface area contributed by atoms with Gasteiger partial charge in [0.2, 0.25) is 0 Å². The number of hydrogen-bond donors (Lipinski definition) is 3. The molecule has 0 radical (unpaired) electrons. The molecule has 1 amide bonds. The van der Waals surface area contributed by atoms with Crippen molar-refractivity contribution < 1.29 is 9.90 Å². The van der Waals surface area contributed by atoms with E-state index in [1.165, 1.54) is 6.20 Å². The Morgan fingerprint density at radius 1 is 1.38 bits per heavy atom. The lowest BCUT2D eigenvalue weighted by Crippen LogP contribution is -2.14. The molecular weight excluding hydrogens is 268 g/mol. The van der Waals surface area contributed by atoms with Gasteiger partial charge in [-0.15, -0.1) is 0 Å². The molecule has 6 heteroatoms. The van der Waals surface area contributed by atoms with E-state index in [2.05, 4.69) is 20.5 Å². The molecule has 0 aliphatic heterocycles. The quantitative estimate of drug-likeness (QED) is 0.685. The van der Waals surface area contributed by atoms with Crippen molar-refractivity contribution in [2.45, 2.75) is 13.5 Å². The van der Waals surface area contributed by atoms with E-state index < -0.39 is 0 Å². The van der Waals surface area contributed by atoms with E-state index in [-0.39, 0.29) is 12.5 Å². The molecule has 0 aliphatic rings. The first-order valence-corrected chi connectivity index (χ1v) is 6.49. The van der Waals surface area contributed by atoms with Crippen molar-refractivity contribution in [2.24, 2.45) is 0 Å². The molecule has 3 aromatic rings. The zero-order chi connectivity index (χ0) is 14.8. The highest BCUT2D eigenvalue weighted by Gasteiger charge is 2.15. The number of aliphatic hydroxyl groups is 1. The number of pyridine rings is 1. The van der Waals surface area contributed by atoms with E-state index in [0.29, 0.717) is 16.9 Å². The zero-order valence-electron chi connectivity index (χ0n) is 11.4. The Morgan fingerprint density at radius 3 is 3.05 bits per heavy atom. The molecule has 0 saturated carbocycles. The van der Waals surface area contributed by atoms with Crippen LogP contribution in [0.3, 0.4) is 0 Å². The number of aromatic amines is 1.